The van der Waals surface area contributed by atoms with Crippen LogP contribution in [0.1, 0.15) is 25.7 Å². The van der Waals surface area contributed by atoms with Crippen LogP contribution >= 0.6 is 24.0 Å². The van der Waals surface area contributed by atoms with Crippen LogP contribution in [0, 0.1) is 0 Å². The van der Waals surface area contributed by atoms with Gasteiger partial charge >= 0.3 is 0 Å². The van der Waals surface area contributed by atoms with Gasteiger partial charge in [0.15, 0.2) is 5.96 Å². The minimum Gasteiger partial charge on any atom is -0.373 e. The third kappa shape index (κ3) is 4.56. The predicted octanol–water partition coefficient (Wildman–Crippen LogP) is 1.35. The van der Waals surface area contributed by atoms with Gasteiger partial charge in [0.2, 0.25) is 0 Å². The molecule has 0 amide bonds. The van der Waals surface area contributed by atoms with Gasteiger partial charge in [-0.15, -0.1) is 24.0 Å². The second-order valence-electron chi connectivity index (χ2n) is 5.98. The van der Waals surface area contributed by atoms with E-state index in [-0.39, 0.29) is 30.1 Å². The third-order valence-corrected chi connectivity index (χ3v) is 4.53. The summed E-state index contributed by atoms with van der Waals surface area (Å²) in [7, 11) is 1.83. The van der Waals surface area contributed by atoms with Crippen molar-refractivity contribution in [3.05, 3.63) is 12.2 Å². The molecule has 2 aliphatic heterocycles. The van der Waals surface area contributed by atoms with Crippen LogP contribution in [-0.4, -0.2) is 62.3 Å². The highest BCUT2D eigenvalue weighted by molar-refractivity contribution is 14.0. The van der Waals surface area contributed by atoms with Gasteiger partial charge in [-0.1, -0.05) is 12.2 Å². The standard InChI is InChI=1S/C15H26N4O.HI/c1-16-15(18-12-5-2-3-6-12)17-9-14-10-19-8-4-7-13(19)11-20-14;/h2-3,12-14H,4-11H2,1H3,(H2,16,17,18);1H. The van der Waals surface area contributed by atoms with Crippen molar-refractivity contribution in [3.63, 3.8) is 0 Å². The summed E-state index contributed by atoms with van der Waals surface area (Å²) in [6, 6.07) is 1.17. The molecule has 0 radical (unpaired) electrons. The summed E-state index contributed by atoms with van der Waals surface area (Å²) in [4.78, 5) is 6.88. The van der Waals surface area contributed by atoms with Gasteiger partial charge in [0.05, 0.1) is 12.7 Å². The summed E-state index contributed by atoms with van der Waals surface area (Å²) < 4.78 is 5.96. The highest BCUT2D eigenvalue weighted by Gasteiger charge is 2.32. The van der Waals surface area contributed by atoms with E-state index in [1.165, 1.54) is 19.4 Å². The Morgan fingerprint density at radius 2 is 2.19 bits per heavy atom. The molecule has 0 aromatic heterocycles. The molecule has 2 N–H and O–H groups in total. The van der Waals surface area contributed by atoms with Crippen LogP contribution in [0.5, 0.6) is 0 Å². The van der Waals surface area contributed by atoms with Crippen molar-refractivity contribution in [2.45, 2.75) is 43.9 Å². The van der Waals surface area contributed by atoms with E-state index in [4.69, 9.17) is 4.74 Å². The van der Waals surface area contributed by atoms with Crippen LogP contribution in [0.25, 0.3) is 0 Å². The van der Waals surface area contributed by atoms with Crippen LogP contribution < -0.4 is 10.6 Å². The van der Waals surface area contributed by atoms with Crippen LogP contribution in [0.2, 0.25) is 0 Å². The molecular formula is C15H27IN4O. The van der Waals surface area contributed by atoms with Gasteiger partial charge in [-0.25, -0.2) is 0 Å². The van der Waals surface area contributed by atoms with Gasteiger partial charge in [0, 0.05) is 32.2 Å². The molecule has 2 saturated heterocycles. The molecule has 3 aliphatic rings. The van der Waals surface area contributed by atoms with Crippen molar-refractivity contribution in [3.8, 4) is 0 Å². The number of aliphatic imine (C=N–C) groups is 1. The molecule has 21 heavy (non-hydrogen) atoms. The lowest BCUT2D eigenvalue weighted by Gasteiger charge is -2.35. The third-order valence-electron chi connectivity index (χ3n) is 4.53. The molecule has 2 heterocycles. The van der Waals surface area contributed by atoms with E-state index in [1.807, 2.05) is 7.05 Å². The maximum absolute atomic E-state index is 5.96. The summed E-state index contributed by atoms with van der Waals surface area (Å²) >= 11 is 0. The van der Waals surface area contributed by atoms with Crippen molar-refractivity contribution >= 4 is 29.9 Å². The quantitative estimate of drug-likeness (QED) is 0.322. The van der Waals surface area contributed by atoms with Crippen LogP contribution in [0.4, 0.5) is 0 Å². The number of guanidine groups is 1. The normalized spacial score (nSPS) is 30.0. The molecule has 2 unspecified atom stereocenters. The number of halogens is 1. The molecule has 2 fully saturated rings. The topological polar surface area (TPSA) is 48.9 Å². The van der Waals surface area contributed by atoms with Gasteiger partial charge < -0.3 is 15.4 Å². The van der Waals surface area contributed by atoms with Crippen molar-refractivity contribution < 1.29 is 4.74 Å². The number of ether oxygens (including phenoxy) is 1. The lowest BCUT2D eigenvalue weighted by Crippen LogP contribution is -2.52. The number of hydrogen-bond donors (Lipinski definition) is 2. The van der Waals surface area contributed by atoms with E-state index < -0.39 is 0 Å². The van der Waals surface area contributed by atoms with Crippen molar-refractivity contribution in [1.82, 2.24) is 15.5 Å². The molecule has 0 aromatic carbocycles. The number of fused-ring (bicyclic) bond motifs is 1. The molecule has 1 aliphatic carbocycles. The number of rotatable bonds is 3. The maximum Gasteiger partial charge on any atom is 0.191 e. The number of nitrogens with one attached hydrogen (secondary N) is 2. The molecule has 120 valence electrons. The lowest BCUT2D eigenvalue weighted by atomic mass is 10.2. The van der Waals surface area contributed by atoms with Crippen molar-refractivity contribution in [1.29, 1.82) is 0 Å². The predicted molar refractivity (Wildman–Crippen MR) is 96.4 cm³/mol. The van der Waals surface area contributed by atoms with Crippen molar-refractivity contribution in [2.75, 3.05) is 33.3 Å². The Balaban J connectivity index is 0.00000161. The van der Waals surface area contributed by atoms with E-state index in [1.54, 1.807) is 0 Å². The molecule has 6 heteroatoms. The summed E-state index contributed by atoms with van der Waals surface area (Å²) in [6.07, 6.45) is 9.55. The first-order valence-electron chi connectivity index (χ1n) is 7.83. The first-order chi connectivity index (χ1) is 9.85. The number of nitrogens with zero attached hydrogens (tertiary/aromatic N) is 2. The Labute approximate surface area is 144 Å². The van der Waals surface area contributed by atoms with E-state index in [9.17, 15) is 0 Å². The lowest BCUT2D eigenvalue weighted by molar-refractivity contribution is -0.0453. The monoisotopic (exact) mass is 406 g/mol. The summed E-state index contributed by atoms with van der Waals surface area (Å²) in [5.74, 6) is 0.894. The average Bonchev–Trinajstić information content (AvgIpc) is 3.13. The maximum atomic E-state index is 5.96. The van der Waals surface area contributed by atoms with E-state index in [0.717, 1.165) is 38.5 Å². The van der Waals surface area contributed by atoms with E-state index >= 15 is 0 Å². The summed E-state index contributed by atoms with van der Waals surface area (Å²) in [5.41, 5.74) is 0. The molecular weight excluding hydrogens is 379 g/mol. The molecule has 3 rings (SSSR count). The second-order valence-corrected chi connectivity index (χ2v) is 5.98. The zero-order chi connectivity index (χ0) is 13.8. The van der Waals surface area contributed by atoms with Gasteiger partial charge in [0.1, 0.15) is 0 Å². The summed E-state index contributed by atoms with van der Waals surface area (Å²) in [5, 5.41) is 6.86. The summed E-state index contributed by atoms with van der Waals surface area (Å²) in [6.45, 7) is 4.03. The highest BCUT2D eigenvalue weighted by atomic mass is 127. The van der Waals surface area contributed by atoms with Gasteiger partial charge in [-0.2, -0.15) is 0 Å². The Kier molecular flexibility index (Phi) is 6.75. The SMILES string of the molecule is CN=C(NCC1CN2CCCC2CO1)NC1CC=CC1.I. The zero-order valence-corrected chi connectivity index (χ0v) is 15.1. The van der Waals surface area contributed by atoms with Crippen molar-refractivity contribution in [2.24, 2.45) is 4.99 Å². The number of hydrogen-bond acceptors (Lipinski definition) is 3. The molecule has 0 spiro atoms. The number of morpholine rings is 1. The van der Waals surface area contributed by atoms with Gasteiger partial charge in [-0.3, -0.25) is 9.89 Å². The smallest absolute Gasteiger partial charge is 0.191 e. The largest absolute Gasteiger partial charge is 0.373 e. The van der Waals surface area contributed by atoms with E-state index in [0.29, 0.717) is 12.1 Å². The van der Waals surface area contributed by atoms with Crippen LogP contribution in [0.3, 0.4) is 0 Å². The fourth-order valence-corrected chi connectivity index (χ4v) is 3.34. The zero-order valence-electron chi connectivity index (χ0n) is 12.8. The average molecular weight is 406 g/mol. The van der Waals surface area contributed by atoms with Crippen LogP contribution in [-0.2, 0) is 4.74 Å². The van der Waals surface area contributed by atoms with Gasteiger partial charge in [0.25, 0.3) is 0 Å². The fraction of sp³-hybridized carbons (Fsp3) is 0.800. The molecule has 2 atom stereocenters. The molecule has 0 saturated carbocycles. The second kappa shape index (κ2) is 8.33. The Morgan fingerprint density at radius 3 is 2.95 bits per heavy atom. The fourth-order valence-electron chi connectivity index (χ4n) is 3.34. The Morgan fingerprint density at radius 1 is 1.38 bits per heavy atom. The first kappa shape index (κ1) is 17.0. The molecule has 0 bridgehead atoms. The van der Waals surface area contributed by atoms with Crippen LogP contribution in [0.15, 0.2) is 17.1 Å². The molecule has 0 aromatic rings. The molecule has 5 nitrogen and oxygen atoms in total. The van der Waals surface area contributed by atoms with Gasteiger partial charge in [-0.05, 0) is 32.2 Å². The Hall–Kier alpha value is -0.340. The Bertz CT molecular complexity index is 380. The highest BCUT2D eigenvalue weighted by Crippen LogP contribution is 2.22. The first-order valence-corrected chi connectivity index (χ1v) is 7.83. The minimum absolute atomic E-state index is 0. The minimum atomic E-state index is 0. The van der Waals surface area contributed by atoms with E-state index in [2.05, 4.69) is 32.7 Å².